The number of thioether (sulfide) groups is 2. The van der Waals surface area contributed by atoms with Gasteiger partial charge >= 0.3 is 17.1 Å². The van der Waals surface area contributed by atoms with Crippen molar-refractivity contribution in [3.8, 4) is 5.69 Å². The molecule has 1 saturated heterocycles. The van der Waals surface area contributed by atoms with E-state index in [9.17, 15) is 24.3 Å². The lowest BCUT2D eigenvalue weighted by Crippen LogP contribution is -2.71. The van der Waals surface area contributed by atoms with E-state index in [0.29, 0.717) is 16.5 Å². The second-order valence-electron chi connectivity index (χ2n) is 9.56. The zero-order valence-corrected chi connectivity index (χ0v) is 25.8. The number of anilines is 3. The van der Waals surface area contributed by atoms with Gasteiger partial charge < -0.3 is 37.6 Å². The van der Waals surface area contributed by atoms with E-state index in [0.717, 1.165) is 21.9 Å². The van der Waals surface area contributed by atoms with Crippen LogP contribution in [0.1, 0.15) is 12.6 Å². The standard InChI is InChI=1S/C26H25N9O7S3/c1-11(23(38)39)42-33-17(14-10-44-25(29)30-14)20(36)32-18-21(37)35-19(24(40)41)12(8-43-22(18)35)9-45-26-31-15(27)7-16(28)34(26)13-5-3-2-4-6-13/h2-7,10-11,18,22H,8-9H2,1H3,(H8,27,28,29,30,32,36,38,39,40,41)/p+1/b33-17-/t11-,18?,22?/m0/s1. The minimum Gasteiger partial charge on any atom is -0.478 e. The van der Waals surface area contributed by atoms with Crippen molar-refractivity contribution in [3.05, 3.63) is 58.7 Å². The molecule has 5 rings (SSSR count). The number of carboxylic acid groups (broad SMARTS) is 2. The minimum absolute atomic E-state index is 0.0153. The van der Waals surface area contributed by atoms with Gasteiger partial charge in [0, 0.05) is 16.9 Å². The van der Waals surface area contributed by atoms with Crippen molar-refractivity contribution in [2.45, 2.75) is 29.6 Å². The second kappa shape index (κ2) is 13.0. The van der Waals surface area contributed by atoms with Crippen LogP contribution in [0, 0.1) is 0 Å². The van der Waals surface area contributed by atoms with Crippen LogP contribution in [-0.4, -0.2) is 83.6 Å². The number of nitrogens with two attached hydrogens (primary N) is 3. The van der Waals surface area contributed by atoms with Crippen molar-refractivity contribution < 1.29 is 38.8 Å². The fraction of sp³-hybridized carbons (Fsp3) is 0.231. The molecule has 2 unspecified atom stereocenters. The first-order valence-corrected chi connectivity index (χ1v) is 15.9. The highest BCUT2D eigenvalue weighted by Crippen LogP contribution is 2.41. The molecule has 0 saturated carbocycles. The number of oxime groups is 1. The number of aliphatic carboxylic acids is 2. The largest absolute Gasteiger partial charge is 0.478 e. The van der Waals surface area contributed by atoms with Crippen molar-refractivity contribution in [2.75, 3.05) is 28.7 Å². The Balaban J connectivity index is 1.35. The highest BCUT2D eigenvalue weighted by molar-refractivity contribution is 8.01. The fourth-order valence-corrected chi connectivity index (χ4v) is 7.46. The van der Waals surface area contributed by atoms with Crippen LogP contribution in [0.25, 0.3) is 5.69 Å². The topological polar surface area (TPSA) is 253 Å². The van der Waals surface area contributed by atoms with Crippen molar-refractivity contribution in [1.82, 2.24) is 20.2 Å². The summed E-state index contributed by atoms with van der Waals surface area (Å²) < 4.78 is 1.69. The van der Waals surface area contributed by atoms with Gasteiger partial charge in [-0.2, -0.15) is 4.57 Å². The number of aromatic nitrogens is 3. The molecule has 2 aliphatic rings. The summed E-state index contributed by atoms with van der Waals surface area (Å²) in [6.07, 6.45) is -1.38. The Bertz CT molecular complexity index is 1750. The molecule has 2 aliphatic heterocycles. The first-order chi connectivity index (χ1) is 21.5. The molecule has 45 heavy (non-hydrogen) atoms. The van der Waals surface area contributed by atoms with E-state index in [1.807, 2.05) is 30.3 Å². The van der Waals surface area contributed by atoms with E-state index in [1.165, 1.54) is 41.9 Å². The number of β-lactam (4-membered cyclic amide) rings is 1. The monoisotopic (exact) mass is 672 g/mol. The van der Waals surface area contributed by atoms with Gasteiger partial charge in [-0.25, -0.2) is 14.6 Å². The molecule has 16 nitrogen and oxygen atoms in total. The number of nitrogen functional groups attached to an aromatic ring is 3. The third-order valence-corrected chi connectivity index (χ3v) is 9.56. The molecule has 0 aliphatic carbocycles. The van der Waals surface area contributed by atoms with Crippen molar-refractivity contribution in [2.24, 2.45) is 5.16 Å². The molecular weight excluding hydrogens is 647 g/mol. The molecule has 2 aromatic heterocycles. The molecule has 234 valence electrons. The summed E-state index contributed by atoms with van der Waals surface area (Å²) in [5.41, 5.74) is 18.5. The Labute approximate surface area is 267 Å². The number of rotatable bonds is 11. The number of amides is 2. The summed E-state index contributed by atoms with van der Waals surface area (Å²) in [5, 5.41) is 26.7. The lowest BCUT2D eigenvalue weighted by molar-refractivity contribution is -0.626. The first kappa shape index (κ1) is 31.5. The zero-order chi connectivity index (χ0) is 32.4. The first-order valence-electron chi connectivity index (χ1n) is 13.0. The van der Waals surface area contributed by atoms with Gasteiger partial charge in [0.1, 0.15) is 28.5 Å². The number of fused-ring (bicyclic) bond motifs is 1. The summed E-state index contributed by atoms with van der Waals surface area (Å²) >= 11 is 3.50. The molecule has 0 spiro atoms. The number of para-hydroxylation sites is 1. The summed E-state index contributed by atoms with van der Waals surface area (Å²) in [5.74, 6) is -3.22. The molecule has 0 bridgehead atoms. The maximum absolute atomic E-state index is 13.3. The molecule has 3 aromatic rings. The second-order valence-corrected chi connectivity index (χ2v) is 12.5. The predicted molar refractivity (Wildman–Crippen MR) is 166 cm³/mol. The smallest absolute Gasteiger partial charge is 0.352 e. The van der Waals surface area contributed by atoms with Gasteiger partial charge in [-0.15, -0.1) is 23.1 Å². The Kier molecular flexibility index (Phi) is 9.11. The van der Waals surface area contributed by atoms with Crippen LogP contribution in [0.15, 0.2) is 63.4 Å². The molecule has 3 atom stereocenters. The van der Waals surface area contributed by atoms with Crippen LogP contribution in [0.4, 0.5) is 16.8 Å². The van der Waals surface area contributed by atoms with Gasteiger partial charge in [-0.1, -0.05) is 28.3 Å². The summed E-state index contributed by atoms with van der Waals surface area (Å²) in [7, 11) is 0. The van der Waals surface area contributed by atoms with E-state index >= 15 is 0 Å². The van der Waals surface area contributed by atoms with E-state index < -0.39 is 47.0 Å². The minimum atomic E-state index is -1.38. The summed E-state index contributed by atoms with van der Waals surface area (Å²) in [6, 6.07) is 9.63. The number of nitrogens with one attached hydrogen (secondary N) is 1. The third kappa shape index (κ3) is 6.49. The van der Waals surface area contributed by atoms with Crippen LogP contribution in [0.2, 0.25) is 0 Å². The number of thiazole rings is 1. The quantitative estimate of drug-likeness (QED) is 0.0400. The van der Waals surface area contributed by atoms with Crippen molar-refractivity contribution >= 4 is 81.1 Å². The van der Waals surface area contributed by atoms with Crippen LogP contribution >= 0.6 is 34.9 Å². The molecule has 4 heterocycles. The van der Waals surface area contributed by atoms with Gasteiger partial charge in [0.05, 0.1) is 6.07 Å². The number of hydrogen-bond donors (Lipinski definition) is 6. The lowest BCUT2D eigenvalue weighted by Gasteiger charge is -2.49. The molecule has 9 N–H and O–H groups in total. The van der Waals surface area contributed by atoms with Gasteiger partial charge in [0.15, 0.2) is 10.8 Å². The average Bonchev–Trinajstić information content (AvgIpc) is 3.43. The van der Waals surface area contributed by atoms with Gasteiger partial charge in [0.2, 0.25) is 17.7 Å². The number of carbonyl (C=O) groups excluding carboxylic acids is 2. The highest BCUT2D eigenvalue weighted by Gasteiger charge is 2.54. The maximum Gasteiger partial charge on any atom is 0.352 e. The van der Waals surface area contributed by atoms with Gasteiger partial charge in [-0.3, -0.25) is 14.5 Å². The van der Waals surface area contributed by atoms with Crippen LogP contribution in [-0.2, 0) is 24.0 Å². The maximum atomic E-state index is 13.3. The van der Waals surface area contributed by atoms with E-state index in [2.05, 4.69) is 20.4 Å². The van der Waals surface area contributed by atoms with Gasteiger partial charge in [0.25, 0.3) is 11.8 Å². The van der Waals surface area contributed by atoms with Crippen molar-refractivity contribution in [3.63, 3.8) is 0 Å². The zero-order valence-electron chi connectivity index (χ0n) is 23.3. The number of hydrogen-bond acceptors (Lipinski definition) is 14. The Morgan fingerprint density at radius 1 is 1.22 bits per heavy atom. The number of benzene rings is 1. The normalized spacial score (nSPS) is 18.6. The number of nitrogens with zero attached hydrogens (tertiary/aromatic N) is 5. The van der Waals surface area contributed by atoms with Gasteiger partial charge in [-0.05, 0) is 36.4 Å². The Morgan fingerprint density at radius 2 is 1.96 bits per heavy atom. The molecular formula is C26H26N9O7S3+. The molecule has 19 heteroatoms. The predicted octanol–water partition coefficient (Wildman–Crippen LogP) is 0.286. The van der Waals surface area contributed by atoms with E-state index in [1.54, 1.807) is 4.57 Å². The fourth-order valence-electron chi connectivity index (χ4n) is 4.39. The Hall–Kier alpha value is -4.88. The van der Waals surface area contributed by atoms with E-state index in [-0.39, 0.29) is 33.8 Å². The number of carbonyl (C=O) groups is 4. The third-order valence-electron chi connectivity index (χ3n) is 6.53. The molecule has 0 radical (unpaired) electrons. The summed E-state index contributed by atoms with van der Waals surface area (Å²) in [4.78, 5) is 64.5. The lowest BCUT2D eigenvalue weighted by atomic mass is 10.0. The molecule has 1 fully saturated rings. The van der Waals surface area contributed by atoms with Crippen molar-refractivity contribution in [1.29, 1.82) is 0 Å². The average molecular weight is 673 g/mol. The SMILES string of the molecule is C[C@H](O/N=C(\C(=O)NC1C(=O)N2C(C(=O)O)=C(CSc3nc(N)cc(N)[n+]3-c3ccccc3)CSC12)c1csc(N)n1)C(=O)O. The van der Waals surface area contributed by atoms with Crippen LogP contribution in [0.5, 0.6) is 0 Å². The Morgan fingerprint density at radius 3 is 2.60 bits per heavy atom. The van der Waals surface area contributed by atoms with Crippen LogP contribution in [0.3, 0.4) is 0 Å². The highest BCUT2D eigenvalue weighted by atomic mass is 32.2. The molecule has 1 aromatic carbocycles. The molecule has 2 amide bonds. The summed E-state index contributed by atoms with van der Waals surface area (Å²) in [6.45, 7) is 1.22. The van der Waals surface area contributed by atoms with E-state index in [4.69, 9.17) is 27.1 Å². The number of carboxylic acids is 2. The van der Waals surface area contributed by atoms with Crippen LogP contribution < -0.4 is 27.1 Å².